The fourth-order valence-electron chi connectivity index (χ4n) is 2.84. The molecule has 0 spiro atoms. The van der Waals surface area contributed by atoms with Crippen molar-refractivity contribution in [2.24, 2.45) is 0 Å². The van der Waals surface area contributed by atoms with Crippen LogP contribution in [0.25, 0.3) is 0 Å². The Morgan fingerprint density at radius 1 is 1.60 bits per heavy atom. The lowest BCUT2D eigenvalue weighted by Crippen LogP contribution is -2.54. The summed E-state index contributed by atoms with van der Waals surface area (Å²) in [4.78, 5) is 16.0. The number of amides is 1. The van der Waals surface area contributed by atoms with E-state index in [4.69, 9.17) is 0 Å². The zero-order valence-electron chi connectivity index (χ0n) is 12.6. The molecule has 2 atom stereocenters. The Morgan fingerprint density at radius 2 is 2.40 bits per heavy atom. The smallest absolute Gasteiger partial charge is 0.240 e. The number of thiophene rings is 1. The van der Waals surface area contributed by atoms with Gasteiger partial charge in [-0.25, -0.2) is 0 Å². The van der Waals surface area contributed by atoms with Gasteiger partial charge < -0.3 is 15.5 Å². The maximum Gasteiger partial charge on any atom is 0.240 e. The second-order valence-electron chi connectivity index (χ2n) is 5.67. The molecule has 1 amide bonds. The van der Waals surface area contributed by atoms with Gasteiger partial charge in [0.25, 0.3) is 0 Å². The zero-order valence-corrected chi connectivity index (χ0v) is 13.4. The highest BCUT2D eigenvalue weighted by molar-refractivity contribution is 7.10. The van der Waals surface area contributed by atoms with Crippen LogP contribution in [0.1, 0.15) is 37.1 Å². The first-order chi connectivity index (χ1) is 9.59. The van der Waals surface area contributed by atoms with Crippen molar-refractivity contribution in [1.29, 1.82) is 0 Å². The summed E-state index contributed by atoms with van der Waals surface area (Å²) in [7, 11) is 4.11. The normalized spacial score (nSPS) is 24.0. The predicted octanol–water partition coefficient (Wildman–Crippen LogP) is 2.00. The molecule has 0 aliphatic carbocycles. The molecule has 0 aromatic carbocycles. The van der Waals surface area contributed by atoms with E-state index in [0.717, 1.165) is 25.8 Å². The van der Waals surface area contributed by atoms with Crippen molar-refractivity contribution in [2.45, 2.75) is 37.8 Å². The average Bonchev–Trinajstić information content (AvgIpc) is 3.10. The minimum absolute atomic E-state index is 0.154. The standard InChI is InChI=1S/C15H25N3OS/c1-4-15(8-6-9-17-15)14(19)16-11-12(18(2)3)13-7-5-10-20-13/h5,7,10,12,17H,4,6,8-9,11H2,1-3H3,(H,16,19). The van der Waals surface area contributed by atoms with Crippen LogP contribution in [0.5, 0.6) is 0 Å². The van der Waals surface area contributed by atoms with Crippen LogP contribution in [-0.2, 0) is 4.79 Å². The molecular weight excluding hydrogens is 270 g/mol. The third kappa shape index (κ3) is 3.22. The van der Waals surface area contributed by atoms with E-state index in [1.165, 1.54) is 4.88 Å². The van der Waals surface area contributed by atoms with Crippen LogP contribution >= 0.6 is 11.3 Å². The maximum absolute atomic E-state index is 12.5. The lowest BCUT2D eigenvalue weighted by Gasteiger charge is -2.29. The Hall–Kier alpha value is -0.910. The number of nitrogens with zero attached hydrogens (tertiary/aromatic N) is 1. The molecule has 1 aromatic rings. The number of hydrogen-bond donors (Lipinski definition) is 2. The van der Waals surface area contributed by atoms with Gasteiger partial charge in [-0.1, -0.05) is 13.0 Å². The van der Waals surface area contributed by atoms with Crippen molar-refractivity contribution < 1.29 is 4.79 Å². The van der Waals surface area contributed by atoms with Gasteiger partial charge in [0.15, 0.2) is 0 Å². The molecule has 0 radical (unpaired) electrons. The van der Waals surface area contributed by atoms with Gasteiger partial charge in [0.1, 0.15) is 0 Å². The molecule has 20 heavy (non-hydrogen) atoms. The van der Waals surface area contributed by atoms with Crippen LogP contribution in [0.15, 0.2) is 17.5 Å². The quantitative estimate of drug-likeness (QED) is 0.844. The van der Waals surface area contributed by atoms with Gasteiger partial charge in [0, 0.05) is 11.4 Å². The summed E-state index contributed by atoms with van der Waals surface area (Å²) in [5.41, 5.74) is -0.341. The zero-order chi connectivity index (χ0) is 14.6. The van der Waals surface area contributed by atoms with Crippen LogP contribution in [-0.4, -0.2) is 43.5 Å². The molecule has 1 fully saturated rings. The molecule has 1 aromatic heterocycles. The molecule has 5 heteroatoms. The number of likely N-dealkylation sites (N-methyl/N-ethyl adjacent to an activating group) is 1. The van der Waals surface area contributed by atoms with Crippen molar-refractivity contribution in [1.82, 2.24) is 15.5 Å². The van der Waals surface area contributed by atoms with E-state index in [9.17, 15) is 4.79 Å². The summed E-state index contributed by atoms with van der Waals surface area (Å²) in [6, 6.07) is 4.43. The molecule has 2 unspecified atom stereocenters. The van der Waals surface area contributed by atoms with Gasteiger partial charge in [0.2, 0.25) is 5.91 Å². The minimum atomic E-state index is -0.341. The van der Waals surface area contributed by atoms with Gasteiger partial charge in [-0.2, -0.15) is 0 Å². The van der Waals surface area contributed by atoms with Crippen molar-refractivity contribution in [2.75, 3.05) is 27.2 Å². The maximum atomic E-state index is 12.5. The van der Waals surface area contributed by atoms with Crippen LogP contribution in [0.3, 0.4) is 0 Å². The van der Waals surface area contributed by atoms with Crippen molar-refractivity contribution in [3.63, 3.8) is 0 Å². The van der Waals surface area contributed by atoms with Crippen molar-refractivity contribution >= 4 is 17.2 Å². The SMILES string of the molecule is CCC1(C(=O)NCC(c2cccs2)N(C)C)CCCN1. The highest BCUT2D eigenvalue weighted by Crippen LogP contribution is 2.25. The number of carbonyl (C=O) groups is 1. The summed E-state index contributed by atoms with van der Waals surface area (Å²) in [5.74, 6) is 0.154. The second-order valence-corrected chi connectivity index (χ2v) is 6.65. The van der Waals surface area contributed by atoms with E-state index in [1.807, 2.05) is 0 Å². The molecule has 1 saturated heterocycles. The molecule has 112 valence electrons. The number of carbonyl (C=O) groups excluding carboxylic acids is 1. The highest BCUT2D eigenvalue weighted by Gasteiger charge is 2.39. The van der Waals surface area contributed by atoms with E-state index in [-0.39, 0.29) is 17.5 Å². The third-order valence-electron chi connectivity index (χ3n) is 4.23. The minimum Gasteiger partial charge on any atom is -0.353 e. The number of rotatable bonds is 6. The fraction of sp³-hybridized carbons (Fsp3) is 0.667. The Morgan fingerprint density at radius 3 is 2.90 bits per heavy atom. The van der Waals surface area contributed by atoms with Gasteiger partial charge in [-0.05, 0) is 51.3 Å². The number of hydrogen-bond acceptors (Lipinski definition) is 4. The van der Waals surface area contributed by atoms with Crippen LogP contribution < -0.4 is 10.6 Å². The van der Waals surface area contributed by atoms with E-state index in [2.05, 4.69) is 54.1 Å². The first-order valence-electron chi connectivity index (χ1n) is 7.32. The molecule has 0 saturated carbocycles. The molecule has 4 nitrogen and oxygen atoms in total. The number of nitrogens with one attached hydrogen (secondary N) is 2. The molecule has 2 heterocycles. The second kappa shape index (κ2) is 6.70. The molecule has 2 N–H and O–H groups in total. The Balaban J connectivity index is 1.97. The first kappa shape index (κ1) is 15.5. The van der Waals surface area contributed by atoms with Gasteiger partial charge in [-0.3, -0.25) is 4.79 Å². The fourth-order valence-corrected chi connectivity index (χ4v) is 3.76. The van der Waals surface area contributed by atoms with Gasteiger partial charge in [-0.15, -0.1) is 11.3 Å². The summed E-state index contributed by atoms with van der Waals surface area (Å²) in [6.07, 6.45) is 2.88. The summed E-state index contributed by atoms with van der Waals surface area (Å²) < 4.78 is 0. The molecular formula is C15H25N3OS. The molecule has 2 rings (SSSR count). The lowest BCUT2D eigenvalue weighted by molar-refractivity contribution is -0.127. The first-order valence-corrected chi connectivity index (χ1v) is 8.20. The molecule has 0 bridgehead atoms. The third-order valence-corrected chi connectivity index (χ3v) is 5.21. The van der Waals surface area contributed by atoms with Gasteiger partial charge in [0.05, 0.1) is 11.6 Å². The van der Waals surface area contributed by atoms with E-state index >= 15 is 0 Å². The summed E-state index contributed by atoms with van der Waals surface area (Å²) >= 11 is 1.74. The molecule has 1 aliphatic heterocycles. The Kier molecular flexibility index (Phi) is 5.18. The average molecular weight is 295 g/mol. The van der Waals surface area contributed by atoms with Crippen LogP contribution in [0, 0.1) is 0 Å². The van der Waals surface area contributed by atoms with Gasteiger partial charge >= 0.3 is 0 Å². The Labute approximate surface area is 125 Å². The highest BCUT2D eigenvalue weighted by atomic mass is 32.1. The summed E-state index contributed by atoms with van der Waals surface area (Å²) in [6.45, 7) is 3.69. The lowest BCUT2D eigenvalue weighted by atomic mass is 9.93. The van der Waals surface area contributed by atoms with E-state index < -0.39 is 0 Å². The summed E-state index contributed by atoms with van der Waals surface area (Å²) in [5, 5.41) is 8.62. The van der Waals surface area contributed by atoms with Crippen LogP contribution in [0.4, 0.5) is 0 Å². The predicted molar refractivity (Wildman–Crippen MR) is 84.0 cm³/mol. The van der Waals surface area contributed by atoms with Crippen LogP contribution in [0.2, 0.25) is 0 Å². The largest absolute Gasteiger partial charge is 0.353 e. The topological polar surface area (TPSA) is 44.4 Å². The van der Waals surface area contributed by atoms with E-state index in [0.29, 0.717) is 6.54 Å². The van der Waals surface area contributed by atoms with Crippen molar-refractivity contribution in [3.8, 4) is 0 Å². The Bertz CT molecular complexity index is 424. The van der Waals surface area contributed by atoms with Crippen molar-refractivity contribution in [3.05, 3.63) is 22.4 Å². The monoisotopic (exact) mass is 295 g/mol. The molecule has 1 aliphatic rings. The van der Waals surface area contributed by atoms with E-state index in [1.54, 1.807) is 11.3 Å².